The van der Waals surface area contributed by atoms with Gasteiger partial charge < -0.3 is 9.64 Å². The van der Waals surface area contributed by atoms with E-state index < -0.39 is 0 Å². The first-order valence-corrected chi connectivity index (χ1v) is 5.76. The van der Waals surface area contributed by atoms with Gasteiger partial charge in [0.1, 0.15) is 5.75 Å². The van der Waals surface area contributed by atoms with Gasteiger partial charge >= 0.3 is 0 Å². The Bertz CT molecular complexity index is 327. The fourth-order valence-electron chi connectivity index (χ4n) is 1.63. The average Bonchev–Trinajstić information content (AvgIpc) is 2.37. The molecule has 1 aliphatic heterocycles. The van der Waals surface area contributed by atoms with Crippen LogP contribution in [0.5, 0.6) is 5.75 Å². The second kappa shape index (κ2) is 4.24. The molecule has 14 heavy (non-hydrogen) atoms. The molecule has 1 aromatic carbocycles. The van der Waals surface area contributed by atoms with Crippen molar-refractivity contribution in [3.05, 3.63) is 23.8 Å². The van der Waals surface area contributed by atoms with Gasteiger partial charge in [0.15, 0.2) is 0 Å². The summed E-state index contributed by atoms with van der Waals surface area (Å²) in [5, 5.41) is 0. The molecule has 1 aromatic rings. The second-order valence-corrected chi connectivity index (χ2v) is 4.70. The van der Waals surface area contributed by atoms with Crippen molar-refractivity contribution in [2.75, 3.05) is 26.5 Å². The third-order valence-corrected chi connectivity index (χ3v) is 3.53. The maximum absolute atomic E-state index is 5.23. The summed E-state index contributed by atoms with van der Waals surface area (Å²) in [7, 11) is 3.88. The summed E-state index contributed by atoms with van der Waals surface area (Å²) in [5.74, 6) is 2.13. The monoisotopic (exact) mass is 211 g/mol. The molecule has 0 fully saturated rings. The third kappa shape index (κ3) is 2.04. The molecule has 0 atom stereocenters. The van der Waals surface area contributed by atoms with Gasteiger partial charge in [-0.25, -0.2) is 0 Å². The van der Waals surface area contributed by atoms with Crippen molar-refractivity contribution in [3.8, 4) is 5.75 Å². The molecule has 0 saturated heterocycles. The van der Waals surface area contributed by atoms with E-state index in [0.29, 0.717) is 0 Å². The third-order valence-electron chi connectivity index (χ3n) is 2.44. The van der Waals surface area contributed by atoms with Crippen LogP contribution in [-0.4, -0.2) is 31.4 Å². The molecule has 1 aliphatic rings. The van der Waals surface area contributed by atoms with Gasteiger partial charge in [0.25, 0.3) is 0 Å². The maximum Gasteiger partial charge on any atom is 0.119 e. The predicted octanol–water partition coefficient (Wildman–Crippen LogP) is 2.23. The van der Waals surface area contributed by atoms with Crippen molar-refractivity contribution in [1.82, 2.24) is 4.90 Å². The Labute approximate surface area is 89.2 Å². The summed E-state index contributed by atoms with van der Waals surface area (Å²) in [4.78, 5) is 3.74. The first kappa shape index (κ1) is 9.87. The molecule has 0 aliphatic carbocycles. The van der Waals surface area contributed by atoms with E-state index in [4.69, 9.17) is 4.74 Å². The van der Waals surface area contributed by atoms with Gasteiger partial charge in [-0.05, 0) is 30.8 Å². The zero-order valence-corrected chi connectivity index (χ0v) is 9.43. The lowest BCUT2D eigenvalue weighted by molar-refractivity contribution is 0.347. The summed E-state index contributed by atoms with van der Waals surface area (Å²) in [5.41, 5.74) is 1.38. The molecule has 76 valence electrons. The number of benzene rings is 1. The lowest BCUT2D eigenvalue weighted by Gasteiger charge is -2.13. The number of nitrogens with zero attached hydrogens (tertiary/aromatic N) is 1. The minimum absolute atomic E-state index is 0.958. The zero-order valence-electron chi connectivity index (χ0n) is 8.62. The highest BCUT2D eigenvalue weighted by molar-refractivity contribution is 7.99. The van der Waals surface area contributed by atoms with Gasteiger partial charge in [-0.3, -0.25) is 0 Å². The van der Waals surface area contributed by atoms with Crippen LogP contribution in [0.2, 0.25) is 0 Å². The van der Waals surface area contributed by atoms with Crippen LogP contribution in [-0.2, 0) is 6.54 Å². The minimum atomic E-state index is 0.958. The van der Waals surface area contributed by atoms with Crippen LogP contribution in [0.3, 0.4) is 0 Å². The van der Waals surface area contributed by atoms with Crippen molar-refractivity contribution < 1.29 is 4.74 Å². The average molecular weight is 211 g/mol. The number of thioether (sulfide) groups is 1. The maximum atomic E-state index is 5.23. The molecule has 0 bridgehead atoms. The highest BCUT2D eigenvalue weighted by atomic mass is 32.2. The molecule has 3 heteroatoms. The van der Waals surface area contributed by atoms with Gasteiger partial charge in [0, 0.05) is 23.7 Å². The molecule has 2 nitrogen and oxygen atoms in total. The number of hydrogen-bond acceptors (Lipinski definition) is 3. The van der Waals surface area contributed by atoms with Crippen LogP contribution in [0.15, 0.2) is 23.1 Å². The fourth-order valence-corrected chi connectivity index (χ4v) is 2.72. The van der Waals surface area contributed by atoms with Crippen molar-refractivity contribution in [1.29, 1.82) is 0 Å². The van der Waals surface area contributed by atoms with Gasteiger partial charge in [0.05, 0.1) is 7.11 Å². The normalized spacial score (nSPS) is 17.3. The Hall–Kier alpha value is -0.670. The molecule has 0 radical (unpaired) electrons. The van der Waals surface area contributed by atoms with Gasteiger partial charge in [-0.1, -0.05) is 0 Å². The van der Waals surface area contributed by atoms with E-state index >= 15 is 0 Å². The molecule has 0 unspecified atom stereocenters. The molecule has 0 N–H and O–H groups in total. The van der Waals surface area contributed by atoms with Crippen molar-refractivity contribution in [2.45, 2.75) is 11.4 Å². The van der Waals surface area contributed by atoms with Crippen molar-refractivity contribution in [2.24, 2.45) is 0 Å². The van der Waals surface area contributed by atoms with Crippen LogP contribution >= 0.6 is 11.8 Å². The standard InChI is InChI=1S/C11H15NOS/c1-12-5-6-14-11-4-3-10(13-2)7-9(11)8-12/h3-4,7H,5-6,8H2,1-2H3/i1+2. The summed E-state index contributed by atoms with van der Waals surface area (Å²) in [6.07, 6.45) is 0. The largest absolute Gasteiger partial charge is 0.497 e. The summed E-state index contributed by atoms with van der Waals surface area (Å²) in [6.45, 7) is 2.18. The van der Waals surface area contributed by atoms with Crippen molar-refractivity contribution in [3.63, 3.8) is 0 Å². The van der Waals surface area contributed by atoms with Gasteiger partial charge in [-0.15, -0.1) is 11.8 Å². The van der Waals surface area contributed by atoms with E-state index in [1.54, 1.807) is 7.11 Å². The highest BCUT2D eigenvalue weighted by Crippen LogP contribution is 2.29. The van der Waals surface area contributed by atoms with Crippen LogP contribution in [0, 0.1) is 0 Å². The van der Waals surface area contributed by atoms with E-state index in [9.17, 15) is 0 Å². The van der Waals surface area contributed by atoms with E-state index in [0.717, 1.165) is 18.8 Å². The topological polar surface area (TPSA) is 12.5 Å². The highest BCUT2D eigenvalue weighted by Gasteiger charge is 2.12. The lowest BCUT2D eigenvalue weighted by Crippen LogP contribution is -2.18. The Morgan fingerprint density at radius 3 is 3.14 bits per heavy atom. The number of fused-ring (bicyclic) bond motifs is 1. The molecular formula is C11H15NOS. The number of rotatable bonds is 1. The first-order chi connectivity index (χ1) is 6.79. The summed E-state index contributed by atoms with van der Waals surface area (Å²) in [6, 6.07) is 6.35. The van der Waals surface area contributed by atoms with E-state index in [2.05, 4.69) is 24.1 Å². The quantitative estimate of drug-likeness (QED) is 0.707. The van der Waals surface area contributed by atoms with Gasteiger partial charge in [0.2, 0.25) is 0 Å². The molecule has 1 heterocycles. The molecule has 0 aromatic heterocycles. The molecule has 0 saturated carbocycles. The molecule has 0 amide bonds. The summed E-state index contributed by atoms with van der Waals surface area (Å²) >= 11 is 1.94. The summed E-state index contributed by atoms with van der Waals surface area (Å²) < 4.78 is 5.23. The molecular weight excluding hydrogens is 196 g/mol. The fraction of sp³-hybridized carbons (Fsp3) is 0.455. The first-order valence-electron chi connectivity index (χ1n) is 4.78. The van der Waals surface area contributed by atoms with Crippen LogP contribution in [0.4, 0.5) is 0 Å². The van der Waals surface area contributed by atoms with Crippen LogP contribution in [0.1, 0.15) is 5.56 Å². The van der Waals surface area contributed by atoms with E-state index in [1.165, 1.54) is 16.2 Å². The Morgan fingerprint density at radius 2 is 2.36 bits per heavy atom. The SMILES string of the molecule is COc1ccc2c(c1)CN([14CH3])CCS2. The number of ether oxygens (including phenoxy) is 1. The van der Waals surface area contributed by atoms with Crippen molar-refractivity contribution >= 4 is 11.8 Å². The van der Waals surface area contributed by atoms with E-state index in [-0.39, 0.29) is 0 Å². The second-order valence-electron chi connectivity index (χ2n) is 3.56. The lowest BCUT2D eigenvalue weighted by atomic mass is 10.2. The molecule has 0 spiro atoms. The minimum Gasteiger partial charge on any atom is -0.497 e. The van der Waals surface area contributed by atoms with Gasteiger partial charge in [-0.2, -0.15) is 0 Å². The zero-order chi connectivity index (χ0) is 9.97. The molecule has 2 rings (SSSR count). The smallest absolute Gasteiger partial charge is 0.119 e. The Morgan fingerprint density at radius 1 is 1.50 bits per heavy atom. The van der Waals surface area contributed by atoms with Crippen LogP contribution < -0.4 is 4.74 Å². The van der Waals surface area contributed by atoms with Crippen LogP contribution in [0.25, 0.3) is 0 Å². The predicted molar refractivity (Wildman–Crippen MR) is 60.1 cm³/mol. The Kier molecular flexibility index (Phi) is 2.99. The Balaban J connectivity index is 2.32. The number of hydrogen-bond donors (Lipinski definition) is 0. The van der Waals surface area contributed by atoms with E-state index in [1.807, 2.05) is 17.8 Å². The number of methoxy groups -OCH3 is 1.